The Morgan fingerprint density at radius 2 is 1.71 bits per heavy atom. The van der Waals surface area contributed by atoms with Crippen molar-refractivity contribution >= 4 is 17.7 Å². The molecule has 1 saturated heterocycles. The summed E-state index contributed by atoms with van der Waals surface area (Å²) < 4.78 is 41.7. The number of urea groups is 1. The summed E-state index contributed by atoms with van der Waals surface area (Å²) in [5.74, 6) is -1.83. The number of amides is 3. The van der Waals surface area contributed by atoms with Crippen LogP contribution < -0.4 is 10.1 Å². The number of nitrogens with one attached hydrogen (secondary N) is 1. The van der Waals surface area contributed by atoms with Crippen molar-refractivity contribution in [3.8, 4) is 5.75 Å². The standard InChI is InChI=1S/C19H15F3N2O4/c1-19(12-4-6-13(20)7-5-12)16(26)24(18(27)23-19)10-15(25)11-2-8-14(9-3-11)28-17(21)22/h2-9,17H,10H2,1H3,(H,23,27). The maximum absolute atomic E-state index is 13.1. The van der Waals surface area contributed by atoms with Crippen LogP contribution in [0.2, 0.25) is 0 Å². The average molecular weight is 392 g/mol. The largest absolute Gasteiger partial charge is 0.435 e. The maximum Gasteiger partial charge on any atom is 0.387 e. The predicted octanol–water partition coefficient (Wildman–Crippen LogP) is 3.08. The van der Waals surface area contributed by atoms with Crippen LogP contribution in [0.5, 0.6) is 5.75 Å². The van der Waals surface area contributed by atoms with Gasteiger partial charge in [0.2, 0.25) is 0 Å². The lowest BCUT2D eigenvalue weighted by atomic mass is 9.92. The molecule has 9 heteroatoms. The van der Waals surface area contributed by atoms with E-state index < -0.39 is 42.2 Å². The number of halogens is 3. The van der Waals surface area contributed by atoms with E-state index in [4.69, 9.17) is 0 Å². The quantitative estimate of drug-likeness (QED) is 0.606. The Labute approximate surface area is 157 Å². The van der Waals surface area contributed by atoms with Gasteiger partial charge in [-0.3, -0.25) is 14.5 Å². The first kappa shape index (κ1) is 19.4. The molecule has 28 heavy (non-hydrogen) atoms. The molecule has 1 heterocycles. The first-order valence-electron chi connectivity index (χ1n) is 8.19. The van der Waals surface area contributed by atoms with Gasteiger partial charge in [0, 0.05) is 5.56 Å². The van der Waals surface area contributed by atoms with Crippen LogP contribution in [-0.2, 0) is 10.3 Å². The molecule has 1 N–H and O–H groups in total. The highest BCUT2D eigenvalue weighted by Crippen LogP contribution is 2.29. The number of ether oxygens (including phenoxy) is 1. The highest BCUT2D eigenvalue weighted by molar-refractivity contribution is 6.11. The molecule has 2 aromatic carbocycles. The van der Waals surface area contributed by atoms with E-state index in [1.165, 1.54) is 43.3 Å². The van der Waals surface area contributed by atoms with Crippen LogP contribution in [0.15, 0.2) is 48.5 Å². The summed E-state index contributed by atoms with van der Waals surface area (Å²) in [5, 5.41) is 2.51. The van der Waals surface area contributed by atoms with Gasteiger partial charge >= 0.3 is 12.6 Å². The molecule has 0 spiro atoms. The summed E-state index contributed by atoms with van der Waals surface area (Å²) in [4.78, 5) is 38.2. The van der Waals surface area contributed by atoms with Crippen molar-refractivity contribution in [2.24, 2.45) is 0 Å². The second kappa shape index (κ2) is 7.34. The average Bonchev–Trinajstić information content (AvgIpc) is 2.86. The SMILES string of the molecule is CC1(c2ccc(F)cc2)NC(=O)N(CC(=O)c2ccc(OC(F)F)cc2)C1=O. The number of hydrogen-bond acceptors (Lipinski definition) is 4. The summed E-state index contributed by atoms with van der Waals surface area (Å²) in [5.41, 5.74) is -0.937. The first-order chi connectivity index (χ1) is 13.2. The van der Waals surface area contributed by atoms with Gasteiger partial charge in [-0.15, -0.1) is 0 Å². The van der Waals surface area contributed by atoms with Gasteiger partial charge in [0.1, 0.15) is 17.1 Å². The Kier molecular flexibility index (Phi) is 5.08. The molecular weight excluding hydrogens is 377 g/mol. The van der Waals surface area contributed by atoms with Gasteiger partial charge in [0.05, 0.1) is 6.54 Å². The third-order valence-corrected chi connectivity index (χ3v) is 4.40. The van der Waals surface area contributed by atoms with Crippen molar-refractivity contribution < 1.29 is 32.3 Å². The minimum atomic E-state index is -2.99. The van der Waals surface area contributed by atoms with E-state index >= 15 is 0 Å². The van der Waals surface area contributed by atoms with Gasteiger partial charge in [0.25, 0.3) is 5.91 Å². The molecular formula is C19H15F3N2O4. The topological polar surface area (TPSA) is 75.7 Å². The number of ketones is 1. The lowest BCUT2D eigenvalue weighted by Gasteiger charge is -2.22. The van der Waals surface area contributed by atoms with Crippen LogP contribution >= 0.6 is 0 Å². The van der Waals surface area contributed by atoms with Crippen LogP contribution in [0.1, 0.15) is 22.8 Å². The Bertz CT molecular complexity index is 916. The van der Waals surface area contributed by atoms with Gasteiger partial charge in [-0.05, 0) is 48.9 Å². The molecule has 1 atom stereocenters. The molecule has 0 bridgehead atoms. The number of imide groups is 1. The molecule has 1 aliphatic rings. The van der Waals surface area contributed by atoms with E-state index in [0.717, 1.165) is 17.0 Å². The molecule has 2 aromatic rings. The highest BCUT2D eigenvalue weighted by atomic mass is 19.3. The summed E-state index contributed by atoms with van der Waals surface area (Å²) in [6, 6.07) is 9.22. The molecule has 1 fully saturated rings. The van der Waals surface area contributed by atoms with E-state index in [0.29, 0.717) is 5.56 Å². The van der Waals surface area contributed by atoms with Crippen LogP contribution in [0.25, 0.3) is 0 Å². The van der Waals surface area contributed by atoms with E-state index in [9.17, 15) is 27.6 Å². The first-order valence-corrected chi connectivity index (χ1v) is 8.19. The van der Waals surface area contributed by atoms with Crippen LogP contribution in [0.4, 0.5) is 18.0 Å². The zero-order valence-corrected chi connectivity index (χ0v) is 14.6. The minimum absolute atomic E-state index is 0.120. The lowest BCUT2D eigenvalue weighted by molar-refractivity contribution is -0.130. The number of Topliss-reactive ketones (excluding diaryl/α,β-unsaturated/α-hetero) is 1. The van der Waals surface area contributed by atoms with E-state index in [2.05, 4.69) is 10.1 Å². The number of rotatable bonds is 6. The normalized spacial score (nSPS) is 19.1. The van der Waals surface area contributed by atoms with E-state index in [1.54, 1.807) is 0 Å². The number of nitrogens with zero attached hydrogens (tertiary/aromatic N) is 1. The fourth-order valence-corrected chi connectivity index (χ4v) is 2.88. The third-order valence-electron chi connectivity index (χ3n) is 4.40. The Morgan fingerprint density at radius 1 is 1.11 bits per heavy atom. The van der Waals surface area contributed by atoms with Gasteiger partial charge in [0.15, 0.2) is 5.78 Å². The monoisotopic (exact) mass is 392 g/mol. The third kappa shape index (κ3) is 3.68. The van der Waals surface area contributed by atoms with Crippen molar-refractivity contribution in [3.63, 3.8) is 0 Å². The van der Waals surface area contributed by atoms with Crippen molar-refractivity contribution in [2.75, 3.05) is 6.54 Å². The number of hydrogen-bond donors (Lipinski definition) is 1. The fraction of sp³-hybridized carbons (Fsp3) is 0.211. The molecule has 3 rings (SSSR count). The summed E-state index contributed by atoms with van der Waals surface area (Å²) in [7, 11) is 0. The predicted molar refractivity (Wildman–Crippen MR) is 91.4 cm³/mol. The van der Waals surface area contributed by atoms with Crippen LogP contribution in [0, 0.1) is 5.82 Å². The van der Waals surface area contributed by atoms with Crippen LogP contribution in [-0.4, -0.2) is 35.8 Å². The molecule has 3 amide bonds. The Balaban J connectivity index is 1.75. The number of benzene rings is 2. The lowest BCUT2D eigenvalue weighted by Crippen LogP contribution is -2.41. The second-order valence-electron chi connectivity index (χ2n) is 6.28. The summed E-state index contributed by atoms with van der Waals surface area (Å²) >= 11 is 0. The van der Waals surface area contributed by atoms with Crippen molar-refractivity contribution in [1.82, 2.24) is 10.2 Å². The van der Waals surface area contributed by atoms with E-state index in [-0.39, 0.29) is 11.3 Å². The summed E-state index contributed by atoms with van der Waals surface area (Å²) in [6.07, 6.45) is 0. The molecule has 0 saturated carbocycles. The highest BCUT2D eigenvalue weighted by Gasteiger charge is 2.49. The van der Waals surface area contributed by atoms with Gasteiger partial charge < -0.3 is 10.1 Å². The number of carbonyl (C=O) groups excluding carboxylic acids is 3. The van der Waals surface area contributed by atoms with Gasteiger partial charge in [-0.25, -0.2) is 9.18 Å². The Morgan fingerprint density at radius 3 is 2.29 bits per heavy atom. The van der Waals surface area contributed by atoms with Crippen LogP contribution in [0.3, 0.4) is 0 Å². The number of carbonyl (C=O) groups is 3. The molecule has 6 nitrogen and oxygen atoms in total. The smallest absolute Gasteiger partial charge is 0.387 e. The number of alkyl halides is 2. The van der Waals surface area contributed by atoms with Crippen molar-refractivity contribution in [3.05, 3.63) is 65.5 Å². The zero-order chi connectivity index (χ0) is 20.5. The zero-order valence-electron chi connectivity index (χ0n) is 14.6. The fourth-order valence-electron chi connectivity index (χ4n) is 2.88. The summed E-state index contributed by atoms with van der Waals surface area (Å²) in [6.45, 7) is -2.06. The molecule has 0 aromatic heterocycles. The van der Waals surface area contributed by atoms with Crippen molar-refractivity contribution in [2.45, 2.75) is 19.1 Å². The Hall–Kier alpha value is -3.36. The molecule has 0 aliphatic carbocycles. The minimum Gasteiger partial charge on any atom is -0.435 e. The van der Waals surface area contributed by atoms with E-state index in [1.807, 2.05) is 0 Å². The van der Waals surface area contributed by atoms with Gasteiger partial charge in [-0.1, -0.05) is 12.1 Å². The molecule has 1 unspecified atom stereocenters. The molecule has 146 valence electrons. The second-order valence-corrected chi connectivity index (χ2v) is 6.28. The van der Waals surface area contributed by atoms with Crippen molar-refractivity contribution in [1.29, 1.82) is 0 Å². The molecule has 0 radical (unpaired) electrons. The van der Waals surface area contributed by atoms with Gasteiger partial charge in [-0.2, -0.15) is 8.78 Å². The maximum atomic E-state index is 13.1. The molecule has 1 aliphatic heterocycles.